The van der Waals surface area contributed by atoms with Crippen LogP contribution >= 0.6 is 0 Å². The molecule has 0 aliphatic rings. The van der Waals surface area contributed by atoms with Gasteiger partial charge in [-0.3, -0.25) is 19.7 Å². The molecule has 0 atom stereocenters. The lowest BCUT2D eigenvalue weighted by Crippen LogP contribution is -2.07. The van der Waals surface area contributed by atoms with Crippen LogP contribution in [0.4, 0.5) is 11.4 Å². The lowest BCUT2D eigenvalue weighted by molar-refractivity contribution is -0.384. The molecule has 0 radical (unpaired) electrons. The molecule has 0 saturated heterocycles. The number of anilines is 1. The molecule has 2 aromatic carbocycles. The smallest absolute Gasteiger partial charge is 0.270 e. The fourth-order valence-corrected chi connectivity index (χ4v) is 1.77. The zero-order chi connectivity index (χ0) is 14.5. The maximum Gasteiger partial charge on any atom is 0.270 e. The van der Waals surface area contributed by atoms with Crippen molar-refractivity contribution in [2.24, 2.45) is 0 Å². The molecule has 1 N–H and O–H groups in total. The summed E-state index contributed by atoms with van der Waals surface area (Å²) in [6, 6.07) is 12.1. The normalized spacial score (nSPS) is 9.80. The van der Waals surface area contributed by atoms with Gasteiger partial charge in [0.2, 0.25) is 6.41 Å². The molecule has 0 aliphatic carbocycles. The third kappa shape index (κ3) is 2.69. The van der Waals surface area contributed by atoms with E-state index in [1.807, 2.05) is 0 Å². The van der Waals surface area contributed by atoms with Crippen molar-refractivity contribution in [2.45, 2.75) is 0 Å². The number of ketones is 1. The maximum absolute atomic E-state index is 12.3. The van der Waals surface area contributed by atoms with Crippen LogP contribution in [0.15, 0.2) is 48.5 Å². The number of benzene rings is 2. The summed E-state index contributed by atoms with van der Waals surface area (Å²) in [7, 11) is 0. The number of rotatable bonds is 5. The summed E-state index contributed by atoms with van der Waals surface area (Å²) in [6.45, 7) is 0. The highest BCUT2D eigenvalue weighted by atomic mass is 16.6. The van der Waals surface area contributed by atoms with E-state index in [0.717, 1.165) is 6.07 Å². The molecule has 1 amide bonds. The van der Waals surface area contributed by atoms with Crippen LogP contribution < -0.4 is 5.32 Å². The molecule has 0 aromatic heterocycles. The van der Waals surface area contributed by atoms with Crippen molar-refractivity contribution < 1.29 is 14.5 Å². The molecule has 0 saturated carbocycles. The Labute approximate surface area is 114 Å². The minimum absolute atomic E-state index is 0.0810. The van der Waals surface area contributed by atoms with Gasteiger partial charge in [-0.15, -0.1) is 0 Å². The lowest BCUT2D eigenvalue weighted by Gasteiger charge is -2.07. The van der Waals surface area contributed by atoms with Gasteiger partial charge < -0.3 is 5.32 Å². The monoisotopic (exact) mass is 270 g/mol. The topological polar surface area (TPSA) is 89.3 Å². The second kappa shape index (κ2) is 5.75. The summed E-state index contributed by atoms with van der Waals surface area (Å²) in [5.74, 6) is -0.390. The van der Waals surface area contributed by atoms with E-state index in [4.69, 9.17) is 0 Å². The summed E-state index contributed by atoms with van der Waals surface area (Å²) in [4.78, 5) is 33.1. The molecule has 6 nitrogen and oxygen atoms in total. The quantitative estimate of drug-likeness (QED) is 0.391. The Bertz CT molecular complexity index is 668. The summed E-state index contributed by atoms with van der Waals surface area (Å²) < 4.78 is 0. The number of amides is 1. The lowest BCUT2D eigenvalue weighted by atomic mass is 10.0. The fourth-order valence-electron chi connectivity index (χ4n) is 1.77. The Balaban J connectivity index is 2.52. The first-order valence-electron chi connectivity index (χ1n) is 5.72. The van der Waals surface area contributed by atoms with Gasteiger partial charge >= 0.3 is 0 Å². The van der Waals surface area contributed by atoms with Crippen LogP contribution in [0.2, 0.25) is 0 Å². The van der Waals surface area contributed by atoms with Gasteiger partial charge in [0, 0.05) is 17.7 Å². The van der Waals surface area contributed by atoms with Crippen molar-refractivity contribution in [1.29, 1.82) is 0 Å². The minimum atomic E-state index is -0.591. The van der Waals surface area contributed by atoms with Gasteiger partial charge in [-0.25, -0.2) is 0 Å². The van der Waals surface area contributed by atoms with Gasteiger partial charge in [-0.2, -0.15) is 0 Å². The Hall–Kier alpha value is -3.02. The Kier molecular flexibility index (Phi) is 3.85. The van der Waals surface area contributed by atoms with Crippen molar-refractivity contribution >= 4 is 23.6 Å². The molecule has 0 unspecified atom stereocenters. The number of non-ortho nitro benzene ring substituents is 1. The number of nitrogens with zero attached hydrogens (tertiary/aromatic N) is 1. The largest absolute Gasteiger partial charge is 0.328 e. The summed E-state index contributed by atoms with van der Waals surface area (Å²) in [5, 5.41) is 13.2. The SMILES string of the molecule is O=CNc1ccc([N+](=O)[O-])cc1C(=O)c1ccccc1. The average Bonchev–Trinajstić information content (AvgIpc) is 2.48. The molecule has 0 heterocycles. The first-order chi connectivity index (χ1) is 9.63. The van der Waals surface area contributed by atoms with Gasteiger partial charge in [0.05, 0.1) is 16.2 Å². The van der Waals surface area contributed by atoms with Crippen LogP contribution in [-0.4, -0.2) is 17.1 Å². The second-order valence-electron chi connectivity index (χ2n) is 3.94. The van der Waals surface area contributed by atoms with Crippen molar-refractivity contribution in [2.75, 3.05) is 5.32 Å². The number of nitro benzene ring substituents is 1. The number of carbonyl (C=O) groups excluding carboxylic acids is 2. The summed E-state index contributed by atoms with van der Waals surface area (Å²) in [6.07, 6.45) is 0.420. The standard InChI is InChI=1S/C14H10N2O4/c17-9-15-13-7-6-11(16(19)20)8-12(13)14(18)10-4-2-1-3-5-10/h1-9H,(H,15,17). The van der Waals surface area contributed by atoms with Gasteiger partial charge in [-0.1, -0.05) is 30.3 Å². The van der Waals surface area contributed by atoms with E-state index in [0.29, 0.717) is 12.0 Å². The molecule has 2 rings (SSSR count). The van der Waals surface area contributed by atoms with Crippen LogP contribution in [-0.2, 0) is 4.79 Å². The molecule has 0 aliphatic heterocycles. The van der Waals surface area contributed by atoms with Crippen LogP contribution in [0.5, 0.6) is 0 Å². The van der Waals surface area contributed by atoms with E-state index in [1.54, 1.807) is 30.3 Å². The first-order valence-corrected chi connectivity index (χ1v) is 5.72. The second-order valence-corrected chi connectivity index (χ2v) is 3.94. The van der Waals surface area contributed by atoms with E-state index in [9.17, 15) is 19.7 Å². The van der Waals surface area contributed by atoms with Gasteiger partial charge in [0.15, 0.2) is 5.78 Å². The van der Waals surface area contributed by atoms with E-state index < -0.39 is 10.7 Å². The Morgan fingerprint density at radius 3 is 2.45 bits per heavy atom. The van der Waals surface area contributed by atoms with E-state index in [2.05, 4.69) is 5.32 Å². The third-order valence-corrected chi connectivity index (χ3v) is 2.71. The van der Waals surface area contributed by atoms with Crippen molar-refractivity contribution in [3.05, 3.63) is 69.8 Å². The first kappa shape index (κ1) is 13.4. The Morgan fingerprint density at radius 1 is 1.15 bits per heavy atom. The Morgan fingerprint density at radius 2 is 1.85 bits per heavy atom. The highest BCUT2D eigenvalue weighted by Gasteiger charge is 2.17. The third-order valence-electron chi connectivity index (χ3n) is 2.71. The molecule has 0 spiro atoms. The predicted octanol–water partition coefficient (Wildman–Crippen LogP) is 2.39. The summed E-state index contributed by atoms with van der Waals surface area (Å²) in [5.41, 5.74) is 0.500. The van der Waals surface area contributed by atoms with Crippen LogP contribution in [0.1, 0.15) is 15.9 Å². The molecule has 0 bridgehead atoms. The maximum atomic E-state index is 12.3. The molecule has 20 heavy (non-hydrogen) atoms. The molecular formula is C14H10N2O4. The number of nitrogens with one attached hydrogen (secondary N) is 1. The van der Waals surface area contributed by atoms with Crippen molar-refractivity contribution in [3.63, 3.8) is 0 Å². The number of nitro groups is 1. The van der Waals surface area contributed by atoms with E-state index in [-0.39, 0.29) is 16.9 Å². The van der Waals surface area contributed by atoms with Gasteiger partial charge in [0.25, 0.3) is 5.69 Å². The molecule has 6 heteroatoms. The molecular weight excluding hydrogens is 260 g/mol. The highest BCUT2D eigenvalue weighted by Crippen LogP contribution is 2.24. The van der Waals surface area contributed by atoms with Crippen LogP contribution in [0, 0.1) is 10.1 Å². The minimum Gasteiger partial charge on any atom is -0.328 e. The zero-order valence-corrected chi connectivity index (χ0v) is 10.3. The molecule has 0 fully saturated rings. The van der Waals surface area contributed by atoms with Crippen LogP contribution in [0.3, 0.4) is 0 Å². The van der Waals surface area contributed by atoms with Crippen LogP contribution in [0.25, 0.3) is 0 Å². The number of hydrogen-bond acceptors (Lipinski definition) is 4. The molecule has 2 aromatic rings. The van der Waals surface area contributed by atoms with Crippen molar-refractivity contribution in [1.82, 2.24) is 0 Å². The fraction of sp³-hybridized carbons (Fsp3) is 0. The summed E-state index contributed by atoms with van der Waals surface area (Å²) >= 11 is 0. The number of hydrogen-bond donors (Lipinski definition) is 1. The molecule has 100 valence electrons. The zero-order valence-electron chi connectivity index (χ0n) is 10.3. The van der Waals surface area contributed by atoms with Crippen molar-refractivity contribution in [3.8, 4) is 0 Å². The predicted molar refractivity (Wildman–Crippen MR) is 72.7 cm³/mol. The van der Waals surface area contributed by atoms with E-state index in [1.165, 1.54) is 12.1 Å². The average molecular weight is 270 g/mol. The van der Waals surface area contributed by atoms with E-state index >= 15 is 0 Å². The van der Waals surface area contributed by atoms with Gasteiger partial charge in [-0.05, 0) is 6.07 Å². The highest BCUT2D eigenvalue weighted by molar-refractivity contribution is 6.13. The van der Waals surface area contributed by atoms with Gasteiger partial charge in [0.1, 0.15) is 0 Å². The number of carbonyl (C=O) groups is 2.